The smallest absolute Gasteiger partial charge is 0.0797 e. The lowest BCUT2D eigenvalue weighted by atomic mass is 9.96. The molecule has 0 bridgehead atoms. The molecule has 0 fully saturated rings. The largest absolute Gasteiger partial charge is 0.297 e. The van der Waals surface area contributed by atoms with Crippen molar-refractivity contribution in [3.63, 3.8) is 0 Å². The van der Waals surface area contributed by atoms with Gasteiger partial charge in [0.25, 0.3) is 0 Å². The first-order valence-corrected chi connectivity index (χ1v) is 7.78. The van der Waals surface area contributed by atoms with Crippen molar-refractivity contribution in [1.29, 1.82) is 0 Å². The van der Waals surface area contributed by atoms with Gasteiger partial charge in [0.1, 0.15) is 0 Å². The monoisotopic (exact) mass is 281 g/mol. The minimum absolute atomic E-state index is 0.922. The maximum Gasteiger partial charge on any atom is 0.0797 e. The van der Waals surface area contributed by atoms with E-state index in [0.29, 0.717) is 0 Å². The average molecular weight is 281 g/mol. The third-order valence-corrected chi connectivity index (χ3v) is 4.09. The number of rotatable bonds is 5. The molecule has 1 aromatic heterocycles. The second-order valence-corrected chi connectivity index (χ2v) is 5.84. The fourth-order valence-electron chi connectivity index (χ4n) is 2.93. The highest BCUT2D eigenvalue weighted by Gasteiger charge is 2.17. The standard InChI is InChI=1S/C18H23N3/c1-21(13-7-10-15-8-3-2-4-9-15)14-18-16-11-5-6-12-17(16)19-20-18/h2-4,7-10H,5-6,11-14H2,1H3,(H,19,20)/b10-7+. The van der Waals surface area contributed by atoms with Crippen LogP contribution in [0, 0.1) is 0 Å². The van der Waals surface area contributed by atoms with Gasteiger partial charge in [-0.25, -0.2) is 0 Å². The molecule has 3 nitrogen and oxygen atoms in total. The van der Waals surface area contributed by atoms with E-state index in [1.165, 1.54) is 48.2 Å². The van der Waals surface area contributed by atoms with Crippen LogP contribution >= 0.6 is 0 Å². The molecule has 2 aromatic rings. The molecule has 0 spiro atoms. The van der Waals surface area contributed by atoms with E-state index in [1.807, 2.05) is 6.07 Å². The first-order chi connectivity index (χ1) is 10.3. The molecule has 21 heavy (non-hydrogen) atoms. The number of nitrogens with one attached hydrogen (secondary N) is 1. The topological polar surface area (TPSA) is 31.9 Å². The van der Waals surface area contributed by atoms with Crippen LogP contribution in [0.5, 0.6) is 0 Å². The van der Waals surface area contributed by atoms with Crippen molar-refractivity contribution >= 4 is 6.08 Å². The number of aromatic nitrogens is 2. The molecule has 0 atom stereocenters. The molecule has 3 rings (SSSR count). The van der Waals surface area contributed by atoms with Crippen LogP contribution in [0.2, 0.25) is 0 Å². The molecule has 1 N–H and O–H groups in total. The van der Waals surface area contributed by atoms with Crippen LogP contribution in [0.15, 0.2) is 36.4 Å². The first kappa shape index (κ1) is 14.1. The van der Waals surface area contributed by atoms with Gasteiger partial charge in [-0.05, 0) is 43.9 Å². The number of aryl methyl sites for hydroxylation is 1. The summed E-state index contributed by atoms with van der Waals surface area (Å²) in [5.74, 6) is 0. The maximum absolute atomic E-state index is 4.51. The van der Waals surface area contributed by atoms with Crippen LogP contribution < -0.4 is 0 Å². The summed E-state index contributed by atoms with van der Waals surface area (Å²) in [4.78, 5) is 2.31. The molecule has 1 aliphatic carbocycles. The molecule has 0 aliphatic heterocycles. The lowest BCUT2D eigenvalue weighted by Gasteiger charge is -2.16. The molecule has 110 valence electrons. The van der Waals surface area contributed by atoms with Gasteiger partial charge < -0.3 is 0 Å². The van der Waals surface area contributed by atoms with E-state index in [-0.39, 0.29) is 0 Å². The van der Waals surface area contributed by atoms with E-state index >= 15 is 0 Å². The summed E-state index contributed by atoms with van der Waals surface area (Å²) in [5.41, 5.74) is 5.33. The fourth-order valence-corrected chi connectivity index (χ4v) is 2.93. The third-order valence-electron chi connectivity index (χ3n) is 4.09. The van der Waals surface area contributed by atoms with Crippen molar-refractivity contribution < 1.29 is 0 Å². The second-order valence-electron chi connectivity index (χ2n) is 5.84. The van der Waals surface area contributed by atoms with E-state index in [9.17, 15) is 0 Å². The van der Waals surface area contributed by atoms with Crippen LogP contribution in [0.4, 0.5) is 0 Å². The molecule has 0 unspecified atom stereocenters. The Morgan fingerprint density at radius 1 is 1.19 bits per heavy atom. The number of aromatic amines is 1. The zero-order chi connectivity index (χ0) is 14.5. The Balaban J connectivity index is 1.56. The second kappa shape index (κ2) is 6.72. The molecular weight excluding hydrogens is 258 g/mol. The molecule has 3 heteroatoms. The van der Waals surface area contributed by atoms with Crippen molar-refractivity contribution in [3.05, 3.63) is 58.9 Å². The Morgan fingerprint density at radius 3 is 2.86 bits per heavy atom. The van der Waals surface area contributed by atoms with E-state index < -0.39 is 0 Å². The molecule has 1 heterocycles. The van der Waals surface area contributed by atoms with Gasteiger partial charge in [0.2, 0.25) is 0 Å². The Labute approximate surface area is 126 Å². The molecule has 0 radical (unpaired) electrons. The molecule has 0 saturated carbocycles. The van der Waals surface area contributed by atoms with E-state index in [4.69, 9.17) is 0 Å². The number of benzene rings is 1. The highest BCUT2D eigenvalue weighted by molar-refractivity contribution is 5.48. The number of fused-ring (bicyclic) bond motifs is 1. The van der Waals surface area contributed by atoms with E-state index in [0.717, 1.165) is 13.1 Å². The summed E-state index contributed by atoms with van der Waals surface area (Å²) >= 11 is 0. The number of H-pyrrole nitrogens is 1. The number of hydrogen-bond donors (Lipinski definition) is 1. The lowest BCUT2D eigenvalue weighted by molar-refractivity contribution is 0.357. The lowest BCUT2D eigenvalue weighted by Crippen LogP contribution is -2.19. The summed E-state index contributed by atoms with van der Waals surface area (Å²) in [6.07, 6.45) is 9.35. The Hall–Kier alpha value is -1.87. The Bertz CT molecular complexity index is 598. The van der Waals surface area contributed by atoms with Gasteiger partial charge in [-0.3, -0.25) is 10.00 Å². The van der Waals surface area contributed by atoms with Gasteiger partial charge >= 0.3 is 0 Å². The van der Waals surface area contributed by atoms with Crippen LogP contribution in [-0.2, 0) is 19.4 Å². The van der Waals surface area contributed by atoms with Crippen molar-refractivity contribution in [1.82, 2.24) is 15.1 Å². The molecule has 0 saturated heterocycles. The van der Waals surface area contributed by atoms with E-state index in [2.05, 4.69) is 58.6 Å². The maximum atomic E-state index is 4.51. The minimum atomic E-state index is 0.922. The zero-order valence-electron chi connectivity index (χ0n) is 12.7. The Kier molecular flexibility index (Phi) is 4.51. The molecule has 1 aromatic carbocycles. The van der Waals surface area contributed by atoms with Crippen LogP contribution in [0.25, 0.3) is 6.08 Å². The van der Waals surface area contributed by atoms with Gasteiger partial charge in [0, 0.05) is 18.8 Å². The summed E-state index contributed by atoms with van der Waals surface area (Å²) in [5, 5.41) is 7.73. The van der Waals surface area contributed by atoms with Gasteiger partial charge in [0.05, 0.1) is 5.69 Å². The van der Waals surface area contributed by atoms with Crippen molar-refractivity contribution in [3.8, 4) is 0 Å². The SMILES string of the molecule is CN(C/C=C/c1ccccc1)Cc1n[nH]c2c1CCCC2. The van der Waals surface area contributed by atoms with Crippen LogP contribution in [0.1, 0.15) is 35.4 Å². The van der Waals surface area contributed by atoms with Crippen molar-refractivity contribution in [2.75, 3.05) is 13.6 Å². The van der Waals surface area contributed by atoms with Crippen LogP contribution in [-0.4, -0.2) is 28.7 Å². The van der Waals surface area contributed by atoms with Gasteiger partial charge in [-0.2, -0.15) is 5.10 Å². The first-order valence-electron chi connectivity index (χ1n) is 7.78. The summed E-state index contributed by atoms with van der Waals surface area (Å²) in [6.45, 7) is 1.86. The van der Waals surface area contributed by atoms with Gasteiger partial charge in [-0.1, -0.05) is 42.5 Å². The summed E-state index contributed by atoms with van der Waals surface area (Å²) in [6, 6.07) is 10.4. The zero-order valence-corrected chi connectivity index (χ0v) is 12.7. The van der Waals surface area contributed by atoms with Crippen LogP contribution in [0.3, 0.4) is 0 Å². The Morgan fingerprint density at radius 2 is 2.00 bits per heavy atom. The average Bonchev–Trinajstić information content (AvgIpc) is 2.92. The third kappa shape index (κ3) is 3.61. The fraction of sp³-hybridized carbons (Fsp3) is 0.389. The predicted octanol–water partition coefficient (Wildman–Crippen LogP) is 3.43. The van der Waals surface area contributed by atoms with Crippen molar-refractivity contribution in [2.24, 2.45) is 0 Å². The molecular formula is C18H23N3. The number of likely N-dealkylation sites (N-methyl/N-ethyl adjacent to an activating group) is 1. The highest BCUT2D eigenvalue weighted by atomic mass is 15.2. The molecule has 0 amide bonds. The highest BCUT2D eigenvalue weighted by Crippen LogP contribution is 2.22. The minimum Gasteiger partial charge on any atom is -0.297 e. The van der Waals surface area contributed by atoms with Gasteiger partial charge in [-0.15, -0.1) is 0 Å². The van der Waals surface area contributed by atoms with Crippen molar-refractivity contribution in [2.45, 2.75) is 32.2 Å². The predicted molar refractivity (Wildman–Crippen MR) is 87.0 cm³/mol. The number of nitrogens with zero attached hydrogens (tertiary/aromatic N) is 2. The quantitative estimate of drug-likeness (QED) is 0.910. The molecule has 1 aliphatic rings. The summed E-state index contributed by atoms with van der Waals surface area (Å²) < 4.78 is 0. The normalized spacial score (nSPS) is 14.8. The number of hydrogen-bond acceptors (Lipinski definition) is 2. The van der Waals surface area contributed by atoms with Gasteiger partial charge in [0.15, 0.2) is 0 Å². The summed E-state index contributed by atoms with van der Waals surface area (Å²) in [7, 11) is 2.15. The van der Waals surface area contributed by atoms with E-state index in [1.54, 1.807) is 0 Å².